The van der Waals surface area contributed by atoms with E-state index in [4.69, 9.17) is 5.10 Å². The molecular formula is C29H28N4O2S. The fourth-order valence-corrected chi connectivity index (χ4v) is 6.06. The number of hydrogen-bond donors (Lipinski definition) is 1. The van der Waals surface area contributed by atoms with Crippen LogP contribution >= 0.6 is 11.3 Å². The predicted molar refractivity (Wildman–Crippen MR) is 141 cm³/mol. The molecule has 2 aliphatic rings. The second-order valence-corrected chi connectivity index (χ2v) is 10.6. The van der Waals surface area contributed by atoms with Gasteiger partial charge < -0.3 is 10.2 Å². The number of hydrogen-bond acceptors (Lipinski definition) is 4. The Morgan fingerprint density at radius 1 is 0.972 bits per heavy atom. The van der Waals surface area contributed by atoms with Crippen molar-refractivity contribution < 1.29 is 9.59 Å². The summed E-state index contributed by atoms with van der Waals surface area (Å²) < 4.78 is 1.74. The van der Waals surface area contributed by atoms with Gasteiger partial charge >= 0.3 is 0 Å². The van der Waals surface area contributed by atoms with Crippen LogP contribution in [-0.2, 0) is 6.54 Å². The van der Waals surface area contributed by atoms with Crippen molar-refractivity contribution in [3.8, 4) is 16.3 Å². The topological polar surface area (TPSA) is 67.2 Å². The minimum absolute atomic E-state index is 0.0946. The highest BCUT2D eigenvalue weighted by Crippen LogP contribution is 2.30. The summed E-state index contributed by atoms with van der Waals surface area (Å²) in [6.45, 7) is 1.50. The van der Waals surface area contributed by atoms with Gasteiger partial charge in [0.15, 0.2) is 0 Å². The Morgan fingerprint density at radius 3 is 2.50 bits per heavy atom. The first kappa shape index (κ1) is 22.7. The molecule has 182 valence electrons. The van der Waals surface area contributed by atoms with Gasteiger partial charge in [-0.3, -0.25) is 9.59 Å². The second-order valence-electron chi connectivity index (χ2n) is 9.67. The van der Waals surface area contributed by atoms with Crippen LogP contribution in [0.5, 0.6) is 0 Å². The number of nitrogens with zero attached hydrogens (tertiary/aromatic N) is 3. The first-order chi connectivity index (χ1) is 17.7. The van der Waals surface area contributed by atoms with Crippen LogP contribution in [0.4, 0.5) is 0 Å². The summed E-state index contributed by atoms with van der Waals surface area (Å²) in [5.74, 6) is 0.524. The monoisotopic (exact) mass is 496 g/mol. The summed E-state index contributed by atoms with van der Waals surface area (Å²) >= 11 is 1.61. The highest BCUT2D eigenvalue weighted by atomic mass is 32.1. The van der Waals surface area contributed by atoms with E-state index in [1.54, 1.807) is 16.0 Å². The van der Waals surface area contributed by atoms with Crippen LogP contribution in [0.15, 0.2) is 78.2 Å². The molecule has 3 heterocycles. The van der Waals surface area contributed by atoms with Crippen LogP contribution in [0.25, 0.3) is 16.3 Å². The highest BCUT2D eigenvalue weighted by molar-refractivity contribution is 7.13. The maximum absolute atomic E-state index is 13.4. The number of aromatic nitrogens is 2. The Balaban J connectivity index is 1.10. The number of nitrogens with one attached hydrogen (secondary N) is 1. The molecule has 1 aliphatic heterocycles. The molecule has 1 saturated carbocycles. The normalized spacial score (nSPS) is 19.3. The number of para-hydroxylation sites is 1. The summed E-state index contributed by atoms with van der Waals surface area (Å²) in [4.78, 5) is 29.2. The van der Waals surface area contributed by atoms with Crippen molar-refractivity contribution in [3.63, 3.8) is 0 Å². The summed E-state index contributed by atoms with van der Waals surface area (Å²) in [6.07, 6.45) is 3.85. The van der Waals surface area contributed by atoms with Crippen molar-refractivity contribution >= 4 is 23.2 Å². The van der Waals surface area contributed by atoms with Gasteiger partial charge in [-0.05, 0) is 72.9 Å². The molecule has 6 rings (SSSR count). The summed E-state index contributed by atoms with van der Waals surface area (Å²) in [6, 6.07) is 23.7. The molecule has 2 aromatic carbocycles. The van der Waals surface area contributed by atoms with Gasteiger partial charge in [0.25, 0.3) is 11.8 Å². The summed E-state index contributed by atoms with van der Waals surface area (Å²) in [7, 11) is 0. The number of benzene rings is 2. The van der Waals surface area contributed by atoms with Crippen LogP contribution in [0.3, 0.4) is 0 Å². The van der Waals surface area contributed by atoms with Gasteiger partial charge in [0, 0.05) is 24.7 Å². The van der Waals surface area contributed by atoms with E-state index in [1.165, 1.54) is 0 Å². The van der Waals surface area contributed by atoms with Crippen molar-refractivity contribution in [2.24, 2.45) is 5.92 Å². The lowest BCUT2D eigenvalue weighted by molar-refractivity contribution is 0.0732. The molecular weight excluding hydrogens is 468 g/mol. The molecule has 1 aliphatic carbocycles. The number of carbonyl (C=O) groups is 2. The van der Waals surface area contributed by atoms with Crippen molar-refractivity contribution in [1.29, 1.82) is 0 Å². The third-order valence-electron chi connectivity index (χ3n) is 7.27. The van der Waals surface area contributed by atoms with Crippen LogP contribution in [-0.4, -0.2) is 39.1 Å². The standard InChI is InChI=1S/C29H28N4O2S/c34-28(26-17-25(27-11-6-16-36-27)31-33(26)23-8-2-1-3-9-23)30-22-14-12-20(13-15-22)18-32-19-21-7-4-5-10-24(21)29(32)35/h1-11,16-17,20,22H,12-15,18-19H2,(H,30,34). The molecule has 1 fully saturated rings. The molecule has 6 nitrogen and oxygen atoms in total. The van der Waals surface area contributed by atoms with Crippen LogP contribution in [0, 0.1) is 5.92 Å². The van der Waals surface area contributed by atoms with Crippen molar-refractivity contribution in [1.82, 2.24) is 20.0 Å². The SMILES string of the molecule is O=C(NC1CCC(CN2Cc3ccccc3C2=O)CC1)c1cc(-c2cccs2)nn1-c1ccccc1. The lowest BCUT2D eigenvalue weighted by atomic mass is 9.85. The molecule has 36 heavy (non-hydrogen) atoms. The Morgan fingerprint density at radius 2 is 1.75 bits per heavy atom. The van der Waals surface area contributed by atoms with Crippen LogP contribution < -0.4 is 5.32 Å². The van der Waals surface area contributed by atoms with E-state index in [1.807, 2.05) is 83.1 Å². The van der Waals surface area contributed by atoms with Gasteiger partial charge in [-0.25, -0.2) is 4.68 Å². The van der Waals surface area contributed by atoms with Gasteiger partial charge in [0.05, 0.1) is 10.6 Å². The molecule has 0 spiro atoms. The first-order valence-corrected chi connectivity index (χ1v) is 13.4. The molecule has 0 atom stereocenters. The Kier molecular flexibility index (Phi) is 6.15. The summed E-state index contributed by atoms with van der Waals surface area (Å²) in [5.41, 5.74) is 4.19. The third kappa shape index (κ3) is 4.46. The van der Waals surface area contributed by atoms with Crippen molar-refractivity contribution in [3.05, 3.63) is 95.0 Å². The Labute approximate surface area is 214 Å². The van der Waals surface area contributed by atoms with Crippen molar-refractivity contribution in [2.45, 2.75) is 38.3 Å². The summed E-state index contributed by atoms with van der Waals surface area (Å²) in [5, 5.41) is 10.0. The average molecular weight is 497 g/mol. The van der Waals surface area contributed by atoms with E-state index >= 15 is 0 Å². The highest BCUT2D eigenvalue weighted by Gasteiger charge is 2.31. The molecule has 2 amide bonds. The molecule has 0 bridgehead atoms. The zero-order valence-electron chi connectivity index (χ0n) is 20.0. The van der Waals surface area contributed by atoms with Crippen LogP contribution in [0.1, 0.15) is 52.1 Å². The Hall–Kier alpha value is -3.71. The molecule has 4 aromatic rings. The number of amides is 2. The fraction of sp³-hybridized carbons (Fsp3) is 0.276. The Bertz CT molecular complexity index is 1370. The van der Waals surface area contributed by atoms with Crippen molar-refractivity contribution in [2.75, 3.05) is 6.54 Å². The predicted octanol–water partition coefficient (Wildman–Crippen LogP) is 5.55. The number of carbonyl (C=O) groups excluding carboxylic acids is 2. The van der Waals surface area contributed by atoms with Gasteiger partial charge in [-0.1, -0.05) is 42.5 Å². The molecule has 0 saturated heterocycles. The first-order valence-electron chi connectivity index (χ1n) is 12.5. The van der Waals surface area contributed by atoms with E-state index < -0.39 is 0 Å². The average Bonchev–Trinajstić information content (AvgIpc) is 3.66. The van der Waals surface area contributed by atoms with Gasteiger partial charge in [-0.2, -0.15) is 5.10 Å². The zero-order chi connectivity index (χ0) is 24.5. The minimum Gasteiger partial charge on any atom is -0.348 e. The van der Waals surface area contributed by atoms with Crippen LogP contribution in [0.2, 0.25) is 0 Å². The van der Waals surface area contributed by atoms with E-state index in [9.17, 15) is 9.59 Å². The largest absolute Gasteiger partial charge is 0.348 e. The quantitative estimate of drug-likeness (QED) is 0.381. The molecule has 0 unspecified atom stereocenters. The smallest absolute Gasteiger partial charge is 0.270 e. The third-order valence-corrected chi connectivity index (χ3v) is 8.17. The van der Waals surface area contributed by atoms with Gasteiger partial charge in [-0.15, -0.1) is 11.3 Å². The number of rotatable bonds is 6. The number of thiophene rings is 1. The maximum Gasteiger partial charge on any atom is 0.270 e. The van der Waals surface area contributed by atoms with Gasteiger partial charge in [0.1, 0.15) is 11.4 Å². The zero-order valence-corrected chi connectivity index (χ0v) is 20.8. The van der Waals surface area contributed by atoms with E-state index in [-0.39, 0.29) is 17.9 Å². The van der Waals surface area contributed by atoms with E-state index in [0.717, 1.165) is 59.6 Å². The molecule has 7 heteroatoms. The maximum atomic E-state index is 13.4. The molecule has 1 N–H and O–H groups in total. The number of fused-ring (bicyclic) bond motifs is 1. The molecule has 2 aromatic heterocycles. The lowest BCUT2D eigenvalue weighted by Crippen LogP contribution is -2.40. The van der Waals surface area contributed by atoms with Gasteiger partial charge in [0.2, 0.25) is 0 Å². The van der Waals surface area contributed by atoms with E-state index in [2.05, 4.69) is 5.32 Å². The second kappa shape index (κ2) is 9.74. The fourth-order valence-electron chi connectivity index (χ4n) is 5.38. The molecule has 0 radical (unpaired) electrons. The lowest BCUT2D eigenvalue weighted by Gasteiger charge is -2.31. The van der Waals surface area contributed by atoms with E-state index in [0.29, 0.717) is 18.2 Å². The minimum atomic E-state index is -0.0946.